The lowest BCUT2D eigenvalue weighted by atomic mass is 10.1. The van der Waals surface area contributed by atoms with Crippen molar-refractivity contribution in [3.05, 3.63) is 54.9 Å². The Bertz CT molecular complexity index is 870. The smallest absolute Gasteiger partial charge is 0.274 e. The highest BCUT2D eigenvalue weighted by molar-refractivity contribution is 6.02. The van der Waals surface area contributed by atoms with E-state index < -0.39 is 0 Å². The number of hydrogen-bond donors (Lipinski definition) is 1. The van der Waals surface area contributed by atoms with Crippen LogP contribution in [0.15, 0.2) is 49.2 Å². The van der Waals surface area contributed by atoms with Gasteiger partial charge in [-0.3, -0.25) is 9.78 Å². The molecule has 0 aromatic carbocycles. The summed E-state index contributed by atoms with van der Waals surface area (Å²) in [7, 11) is 0. The standard InChI is InChI=1S/C18H19N7O/c26-17(16-6-2-3-7-19-16)23-14-10-22-25(13-14)18-20-11-15(12-21-18)24-8-4-1-5-9-24/h2-3,6-7,10-13H,1,4-5,8-9H2,(H,23,26). The summed E-state index contributed by atoms with van der Waals surface area (Å²) < 4.78 is 1.54. The minimum absolute atomic E-state index is 0.286. The first-order valence-electron chi connectivity index (χ1n) is 8.64. The van der Waals surface area contributed by atoms with Gasteiger partial charge >= 0.3 is 0 Å². The van der Waals surface area contributed by atoms with Crippen LogP contribution in [0.5, 0.6) is 0 Å². The van der Waals surface area contributed by atoms with Crippen LogP contribution in [0.1, 0.15) is 29.8 Å². The van der Waals surface area contributed by atoms with Gasteiger partial charge in [-0.15, -0.1) is 0 Å². The van der Waals surface area contributed by atoms with E-state index in [1.54, 1.807) is 36.8 Å². The molecule has 0 aliphatic carbocycles. The van der Waals surface area contributed by atoms with E-state index in [1.807, 2.05) is 12.4 Å². The molecule has 0 spiro atoms. The van der Waals surface area contributed by atoms with E-state index in [-0.39, 0.29) is 5.91 Å². The molecule has 0 bridgehead atoms. The Balaban J connectivity index is 1.45. The van der Waals surface area contributed by atoms with E-state index in [0.717, 1.165) is 18.8 Å². The van der Waals surface area contributed by atoms with Crippen LogP contribution in [0, 0.1) is 0 Å². The number of nitrogens with one attached hydrogen (secondary N) is 1. The molecule has 0 saturated carbocycles. The predicted octanol–water partition coefficient (Wildman–Crippen LogP) is 2.30. The highest BCUT2D eigenvalue weighted by Crippen LogP contribution is 2.18. The van der Waals surface area contributed by atoms with E-state index in [2.05, 4.69) is 30.3 Å². The number of anilines is 2. The Kier molecular flexibility index (Phi) is 4.55. The van der Waals surface area contributed by atoms with Crippen molar-refractivity contribution in [2.75, 3.05) is 23.3 Å². The van der Waals surface area contributed by atoms with Crippen LogP contribution in [0.2, 0.25) is 0 Å². The molecule has 8 heteroatoms. The first-order chi connectivity index (χ1) is 12.8. The molecular formula is C18H19N7O. The van der Waals surface area contributed by atoms with Crippen molar-refractivity contribution in [1.29, 1.82) is 0 Å². The molecule has 132 valence electrons. The van der Waals surface area contributed by atoms with Gasteiger partial charge in [-0.2, -0.15) is 5.10 Å². The molecule has 4 heterocycles. The molecule has 4 rings (SSSR count). The zero-order chi connectivity index (χ0) is 17.8. The van der Waals surface area contributed by atoms with Crippen LogP contribution in [0.25, 0.3) is 5.95 Å². The molecule has 0 unspecified atom stereocenters. The van der Waals surface area contributed by atoms with Gasteiger partial charge in [0, 0.05) is 19.3 Å². The van der Waals surface area contributed by atoms with E-state index in [1.165, 1.54) is 23.9 Å². The molecule has 3 aromatic rings. The first-order valence-corrected chi connectivity index (χ1v) is 8.64. The van der Waals surface area contributed by atoms with Gasteiger partial charge in [0.25, 0.3) is 11.9 Å². The maximum Gasteiger partial charge on any atom is 0.274 e. The Morgan fingerprint density at radius 1 is 1.00 bits per heavy atom. The number of aromatic nitrogens is 5. The molecule has 1 aliphatic heterocycles. The third-order valence-electron chi connectivity index (χ3n) is 4.29. The summed E-state index contributed by atoms with van der Waals surface area (Å²) in [6.07, 6.45) is 12.2. The molecule has 1 N–H and O–H groups in total. The lowest BCUT2D eigenvalue weighted by Gasteiger charge is -2.28. The van der Waals surface area contributed by atoms with Gasteiger partial charge in [0.1, 0.15) is 5.69 Å². The van der Waals surface area contributed by atoms with Crippen molar-refractivity contribution in [3.63, 3.8) is 0 Å². The second-order valence-corrected chi connectivity index (χ2v) is 6.13. The SMILES string of the molecule is O=C(Nc1cnn(-c2ncc(N3CCCCC3)cn2)c1)c1ccccn1. The molecule has 3 aromatic heterocycles. The second-order valence-electron chi connectivity index (χ2n) is 6.13. The van der Waals surface area contributed by atoms with Gasteiger partial charge in [-0.1, -0.05) is 6.07 Å². The zero-order valence-electron chi connectivity index (χ0n) is 14.2. The molecule has 1 fully saturated rings. The van der Waals surface area contributed by atoms with Gasteiger partial charge < -0.3 is 10.2 Å². The van der Waals surface area contributed by atoms with Gasteiger partial charge in [-0.05, 0) is 31.4 Å². The van der Waals surface area contributed by atoms with E-state index in [4.69, 9.17) is 0 Å². The lowest BCUT2D eigenvalue weighted by Crippen LogP contribution is -2.29. The second kappa shape index (κ2) is 7.30. The number of carbonyl (C=O) groups is 1. The van der Waals surface area contributed by atoms with Gasteiger partial charge in [-0.25, -0.2) is 14.6 Å². The number of piperidine rings is 1. The van der Waals surface area contributed by atoms with Crippen molar-refractivity contribution in [1.82, 2.24) is 24.7 Å². The van der Waals surface area contributed by atoms with Gasteiger partial charge in [0.05, 0.1) is 36.2 Å². The number of nitrogens with zero attached hydrogens (tertiary/aromatic N) is 6. The van der Waals surface area contributed by atoms with Gasteiger partial charge in [0.2, 0.25) is 0 Å². The quantitative estimate of drug-likeness (QED) is 0.777. The highest BCUT2D eigenvalue weighted by atomic mass is 16.1. The fourth-order valence-electron chi connectivity index (χ4n) is 2.94. The molecule has 1 saturated heterocycles. The van der Waals surface area contributed by atoms with Crippen LogP contribution in [0.4, 0.5) is 11.4 Å². The maximum atomic E-state index is 12.1. The Hall–Kier alpha value is -3.29. The maximum absolute atomic E-state index is 12.1. The van der Waals surface area contributed by atoms with E-state index in [0.29, 0.717) is 17.3 Å². The summed E-state index contributed by atoms with van der Waals surface area (Å²) in [5.74, 6) is 0.176. The molecular weight excluding hydrogens is 330 g/mol. The number of carbonyl (C=O) groups excluding carboxylic acids is 1. The number of rotatable bonds is 4. The third-order valence-corrected chi connectivity index (χ3v) is 4.29. The average Bonchev–Trinajstić information content (AvgIpc) is 3.18. The fraction of sp³-hybridized carbons (Fsp3) is 0.278. The summed E-state index contributed by atoms with van der Waals surface area (Å²) in [5, 5.41) is 6.98. The van der Waals surface area contributed by atoms with Crippen LogP contribution < -0.4 is 10.2 Å². The van der Waals surface area contributed by atoms with Crippen molar-refractivity contribution in [2.24, 2.45) is 0 Å². The normalized spacial score (nSPS) is 14.2. The van der Waals surface area contributed by atoms with Crippen LogP contribution in [-0.4, -0.2) is 43.7 Å². The summed E-state index contributed by atoms with van der Waals surface area (Å²) in [4.78, 5) is 27.3. The van der Waals surface area contributed by atoms with Gasteiger partial charge in [0.15, 0.2) is 0 Å². The summed E-state index contributed by atoms with van der Waals surface area (Å²) in [5.41, 5.74) is 1.94. The Labute approximate surface area is 150 Å². The fourth-order valence-corrected chi connectivity index (χ4v) is 2.94. The summed E-state index contributed by atoms with van der Waals surface area (Å²) in [6.45, 7) is 2.10. The minimum atomic E-state index is -0.286. The minimum Gasteiger partial charge on any atom is -0.369 e. The van der Waals surface area contributed by atoms with E-state index in [9.17, 15) is 4.79 Å². The molecule has 0 atom stereocenters. The summed E-state index contributed by atoms with van der Waals surface area (Å²) in [6, 6.07) is 5.19. The van der Waals surface area contributed by atoms with Crippen molar-refractivity contribution >= 4 is 17.3 Å². The Morgan fingerprint density at radius 2 is 1.81 bits per heavy atom. The number of amides is 1. The molecule has 26 heavy (non-hydrogen) atoms. The van der Waals surface area contributed by atoms with Crippen LogP contribution in [0.3, 0.4) is 0 Å². The summed E-state index contributed by atoms with van der Waals surface area (Å²) >= 11 is 0. The molecule has 8 nitrogen and oxygen atoms in total. The van der Waals surface area contributed by atoms with Crippen molar-refractivity contribution in [2.45, 2.75) is 19.3 Å². The molecule has 0 radical (unpaired) electrons. The first kappa shape index (κ1) is 16.2. The number of pyridine rings is 1. The van der Waals surface area contributed by atoms with E-state index >= 15 is 0 Å². The van der Waals surface area contributed by atoms with Crippen LogP contribution in [-0.2, 0) is 0 Å². The van der Waals surface area contributed by atoms with Crippen molar-refractivity contribution in [3.8, 4) is 5.95 Å². The molecule has 1 aliphatic rings. The van der Waals surface area contributed by atoms with Crippen molar-refractivity contribution < 1.29 is 4.79 Å². The topological polar surface area (TPSA) is 88.8 Å². The number of hydrogen-bond acceptors (Lipinski definition) is 6. The molecule has 1 amide bonds. The monoisotopic (exact) mass is 349 g/mol. The van der Waals surface area contributed by atoms with Crippen LogP contribution >= 0.6 is 0 Å². The lowest BCUT2D eigenvalue weighted by molar-refractivity contribution is 0.102. The average molecular weight is 349 g/mol. The largest absolute Gasteiger partial charge is 0.369 e. The predicted molar refractivity (Wildman–Crippen MR) is 97.4 cm³/mol. The zero-order valence-corrected chi connectivity index (χ0v) is 14.2. The third kappa shape index (κ3) is 3.53. The highest BCUT2D eigenvalue weighted by Gasteiger charge is 2.13. The Morgan fingerprint density at radius 3 is 2.54 bits per heavy atom.